The Morgan fingerprint density at radius 3 is 2.35 bits per heavy atom. The highest BCUT2D eigenvalue weighted by molar-refractivity contribution is 6.74. The average Bonchev–Trinajstić information content (AvgIpc) is 3.21. The first-order valence-electron chi connectivity index (χ1n) is 11.6. The number of benzene rings is 1. The minimum absolute atomic E-state index is 0.0243. The molecule has 1 unspecified atom stereocenters. The topological polar surface area (TPSA) is 118 Å². The number of amides is 2. The van der Waals surface area contributed by atoms with Gasteiger partial charge < -0.3 is 34.4 Å². The SMILES string of the molecule is CC1(C)O[C@@H]2[C@H](O1)[C@@H](CO[Si](C)(C)C(C)(C)C)O[C@H]2C(NC(=O)OCc1ccccc1)C(N)=O. The highest BCUT2D eigenvalue weighted by atomic mass is 28.4. The van der Waals surface area contributed by atoms with Crippen LogP contribution in [0.4, 0.5) is 4.79 Å². The lowest BCUT2D eigenvalue weighted by atomic mass is 10.0. The van der Waals surface area contributed by atoms with E-state index in [9.17, 15) is 9.59 Å². The maximum absolute atomic E-state index is 12.5. The lowest BCUT2D eigenvalue weighted by Gasteiger charge is -2.37. The molecule has 2 aliphatic rings. The summed E-state index contributed by atoms with van der Waals surface area (Å²) in [6.45, 7) is 14.7. The zero-order valence-corrected chi connectivity index (χ0v) is 22.1. The predicted octanol–water partition coefficient (Wildman–Crippen LogP) is 3.08. The molecule has 0 spiro atoms. The van der Waals surface area contributed by atoms with Crippen LogP contribution in [0, 0.1) is 0 Å². The standard InChI is InChI=1S/C24H38N2O7Si/c1-23(2,3)34(6,7)30-14-16-18-20(33-24(4,5)32-18)19(31-16)17(21(25)27)26-22(28)29-13-15-11-9-8-10-12-15/h8-12,16-20H,13-14H2,1-7H3,(H2,25,27)(H,26,28)/t16-,17?,18-,19+,20-/m1/s1. The van der Waals surface area contributed by atoms with Crippen molar-refractivity contribution in [1.29, 1.82) is 0 Å². The number of ether oxygens (including phenoxy) is 4. The number of nitrogens with two attached hydrogens (primary N) is 1. The lowest BCUT2D eigenvalue weighted by molar-refractivity contribution is -0.192. The summed E-state index contributed by atoms with van der Waals surface area (Å²) in [4.78, 5) is 24.8. The molecule has 2 fully saturated rings. The predicted molar refractivity (Wildman–Crippen MR) is 128 cm³/mol. The van der Waals surface area contributed by atoms with Crippen LogP contribution in [-0.4, -0.2) is 63.2 Å². The highest BCUT2D eigenvalue weighted by Crippen LogP contribution is 2.41. The van der Waals surface area contributed by atoms with Crippen LogP contribution < -0.4 is 11.1 Å². The van der Waals surface area contributed by atoms with E-state index >= 15 is 0 Å². The molecule has 3 N–H and O–H groups in total. The summed E-state index contributed by atoms with van der Waals surface area (Å²) in [5.74, 6) is -1.62. The van der Waals surface area contributed by atoms with Gasteiger partial charge in [-0.3, -0.25) is 4.79 Å². The van der Waals surface area contributed by atoms with Gasteiger partial charge in [-0.15, -0.1) is 0 Å². The number of rotatable bonds is 8. The number of alkyl carbamates (subject to hydrolysis) is 1. The first-order chi connectivity index (χ1) is 15.7. The molecular formula is C24H38N2O7Si. The van der Waals surface area contributed by atoms with E-state index in [2.05, 4.69) is 39.2 Å². The summed E-state index contributed by atoms with van der Waals surface area (Å²) in [5.41, 5.74) is 6.48. The maximum Gasteiger partial charge on any atom is 0.408 e. The van der Waals surface area contributed by atoms with E-state index in [0.717, 1.165) is 5.56 Å². The molecule has 0 aromatic heterocycles. The van der Waals surface area contributed by atoms with Crippen LogP contribution in [0.25, 0.3) is 0 Å². The van der Waals surface area contributed by atoms with Gasteiger partial charge in [0.2, 0.25) is 5.91 Å². The van der Waals surface area contributed by atoms with E-state index in [1.165, 1.54) is 0 Å². The van der Waals surface area contributed by atoms with Crippen molar-refractivity contribution in [3.05, 3.63) is 35.9 Å². The molecule has 2 saturated heterocycles. The second kappa shape index (κ2) is 9.94. The number of fused-ring (bicyclic) bond motifs is 1. The summed E-state index contributed by atoms with van der Waals surface area (Å²) in [5, 5.41) is 2.58. The number of nitrogens with one attached hydrogen (secondary N) is 1. The third kappa shape index (κ3) is 6.17. The number of hydrogen-bond donors (Lipinski definition) is 2. The van der Waals surface area contributed by atoms with Gasteiger partial charge in [0, 0.05) is 0 Å². The van der Waals surface area contributed by atoms with Gasteiger partial charge in [-0.2, -0.15) is 0 Å². The molecule has 2 aliphatic heterocycles. The number of hydrogen-bond acceptors (Lipinski definition) is 7. The molecule has 1 aromatic rings. The van der Waals surface area contributed by atoms with Crippen LogP contribution >= 0.6 is 0 Å². The quantitative estimate of drug-likeness (QED) is 0.533. The van der Waals surface area contributed by atoms with Crippen molar-refractivity contribution in [2.45, 2.75) is 95.6 Å². The van der Waals surface area contributed by atoms with E-state index in [0.29, 0.717) is 0 Å². The van der Waals surface area contributed by atoms with Crippen LogP contribution in [0.5, 0.6) is 0 Å². The molecule has 34 heavy (non-hydrogen) atoms. The largest absolute Gasteiger partial charge is 0.445 e. The van der Waals surface area contributed by atoms with Crippen LogP contribution in [-0.2, 0) is 34.8 Å². The van der Waals surface area contributed by atoms with Gasteiger partial charge in [-0.05, 0) is 37.5 Å². The maximum atomic E-state index is 12.5. The first-order valence-corrected chi connectivity index (χ1v) is 14.5. The molecule has 0 aliphatic carbocycles. The molecule has 0 saturated carbocycles. The van der Waals surface area contributed by atoms with Gasteiger partial charge in [0.05, 0.1) is 6.61 Å². The van der Waals surface area contributed by atoms with Crippen LogP contribution in [0.15, 0.2) is 30.3 Å². The van der Waals surface area contributed by atoms with Gasteiger partial charge >= 0.3 is 6.09 Å². The van der Waals surface area contributed by atoms with Crippen molar-refractivity contribution >= 4 is 20.3 Å². The van der Waals surface area contributed by atoms with Crippen LogP contribution in [0.2, 0.25) is 18.1 Å². The third-order valence-corrected chi connectivity index (χ3v) is 11.2. The van der Waals surface area contributed by atoms with Crippen LogP contribution in [0.1, 0.15) is 40.2 Å². The normalized spacial score (nSPS) is 27.1. The lowest BCUT2D eigenvalue weighted by Crippen LogP contribution is -2.55. The molecule has 1 aromatic carbocycles. The Morgan fingerprint density at radius 2 is 1.76 bits per heavy atom. The summed E-state index contributed by atoms with van der Waals surface area (Å²) in [6.07, 6.45) is -3.16. The Balaban J connectivity index is 1.70. The number of carbonyl (C=O) groups excluding carboxylic acids is 2. The Kier molecular flexibility index (Phi) is 7.78. The minimum Gasteiger partial charge on any atom is -0.445 e. The molecule has 10 heteroatoms. The van der Waals surface area contributed by atoms with Crippen molar-refractivity contribution in [3.8, 4) is 0 Å². The van der Waals surface area contributed by atoms with Gasteiger partial charge in [-0.1, -0.05) is 51.1 Å². The van der Waals surface area contributed by atoms with Crippen molar-refractivity contribution < 1.29 is 33.0 Å². The van der Waals surface area contributed by atoms with E-state index < -0.39 is 56.6 Å². The zero-order chi connectivity index (χ0) is 25.3. The van der Waals surface area contributed by atoms with E-state index in [-0.39, 0.29) is 18.3 Å². The Bertz CT molecular complexity index is 872. The van der Waals surface area contributed by atoms with E-state index in [1.807, 2.05) is 30.3 Å². The monoisotopic (exact) mass is 494 g/mol. The second-order valence-electron chi connectivity index (χ2n) is 10.9. The highest BCUT2D eigenvalue weighted by Gasteiger charge is 2.58. The van der Waals surface area contributed by atoms with Gasteiger partial charge in [-0.25, -0.2) is 4.79 Å². The minimum atomic E-state index is -2.05. The van der Waals surface area contributed by atoms with Crippen molar-refractivity contribution in [1.82, 2.24) is 5.32 Å². The fourth-order valence-corrected chi connectivity index (χ4v) is 4.85. The zero-order valence-electron chi connectivity index (χ0n) is 21.1. The molecule has 2 amide bonds. The van der Waals surface area contributed by atoms with Crippen molar-refractivity contribution in [2.24, 2.45) is 5.73 Å². The average molecular weight is 495 g/mol. The first kappa shape index (κ1) is 26.6. The smallest absolute Gasteiger partial charge is 0.408 e. The number of primary amides is 1. The summed E-state index contributed by atoms with van der Waals surface area (Å²) >= 11 is 0. The Labute approximate surface area is 202 Å². The van der Waals surface area contributed by atoms with Gasteiger partial charge in [0.15, 0.2) is 14.1 Å². The molecular weight excluding hydrogens is 456 g/mol. The Hall–Kier alpha value is -1.98. The molecule has 5 atom stereocenters. The summed E-state index contributed by atoms with van der Waals surface area (Å²) in [7, 11) is -2.05. The summed E-state index contributed by atoms with van der Waals surface area (Å²) < 4.78 is 30.0. The van der Waals surface area contributed by atoms with Crippen molar-refractivity contribution in [3.63, 3.8) is 0 Å². The molecule has 0 bridgehead atoms. The molecule has 0 radical (unpaired) electrons. The number of carbonyl (C=O) groups is 2. The molecule has 3 rings (SSSR count). The second-order valence-corrected chi connectivity index (χ2v) is 15.7. The fourth-order valence-electron chi connectivity index (χ4n) is 3.83. The molecule has 2 heterocycles. The Morgan fingerprint density at radius 1 is 1.15 bits per heavy atom. The van der Waals surface area contributed by atoms with Crippen LogP contribution in [0.3, 0.4) is 0 Å². The fraction of sp³-hybridized carbons (Fsp3) is 0.667. The summed E-state index contributed by atoms with van der Waals surface area (Å²) in [6, 6.07) is 8.08. The van der Waals surface area contributed by atoms with Crippen molar-refractivity contribution in [2.75, 3.05) is 6.61 Å². The van der Waals surface area contributed by atoms with E-state index in [1.54, 1.807) is 13.8 Å². The molecule has 190 valence electrons. The van der Waals surface area contributed by atoms with Gasteiger partial charge in [0.25, 0.3) is 0 Å². The molecule has 9 nitrogen and oxygen atoms in total. The third-order valence-electron chi connectivity index (χ3n) is 6.72. The van der Waals surface area contributed by atoms with Gasteiger partial charge in [0.1, 0.15) is 37.1 Å². The van der Waals surface area contributed by atoms with E-state index in [4.69, 9.17) is 29.1 Å².